The summed E-state index contributed by atoms with van der Waals surface area (Å²) in [7, 11) is 0. The van der Waals surface area contributed by atoms with Gasteiger partial charge in [-0.25, -0.2) is 4.39 Å². The SMILES string of the molecule is N/C(=N/O)c1cc(F)cc(CNCc2cccnn2)c1. The normalized spacial score (nSPS) is 11.6. The largest absolute Gasteiger partial charge is 0.409 e. The van der Waals surface area contributed by atoms with E-state index >= 15 is 0 Å². The van der Waals surface area contributed by atoms with Gasteiger partial charge in [-0.15, -0.1) is 0 Å². The minimum Gasteiger partial charge on any atom is -0.409 e. The van der Waals surface area contributed by atoms with E-state index in [0.717, 1.165) is 5.69 Å². The molecule has 0 saturated heterocycles. The van der Waals surface area contributed by atoms with Crippen LogP contribution >= 0.6 is 0 Å². The molecule has 0 amide bonds. The van der Waals surface area contributed by atoms with Crippen molar-refractivity contribution in [2.75, 3.05) is 0 Å². The zero-order valence-electron chi connectivity index (χ0n) is 10.6. The number of nitrogens with two attached hydrogens (primary N) is 1. The molecule has 0 unspecified atom stereocenters. The second-order valence-electron chi connectivity index (χ2n) is 4.15. The van der Waals surface area contributed by atoms with Gasteiger partial charge in [-0.05, 0) is 35.9 Å². The van der Waals surface area contributed by atoms with Gasteiger partial charge >= 0.3 is 0 Å². The van der Waals surface area contributed by atoms with Gasteiger partial charge in [0.2, 0.25) is 0 Å². The van der Waals surface area contributed by atoms with E-state index in [1.807, 2.05) is 6.07 Å². The van der Waals surface area contributed by atoms with Gasteiger partial charge in [0.1, 0.15) is 5.82 Å². The molecule has 0 saturated carbocycles. The molecule has 1 aromatic heterocycles. The third kappa shape index (κ3) is 3.72. The van der Waals surface area contributed by atoms with Gasteiger partial charge in [-0.1, -0.05) is 5.16 Å². The van der Waals surface area contributed by atoms with Gasteiger partial charge in [-0.3, -0.25) is 0 Å². The molecule has 2 aromatic rings. The van der Waals surface area contributed by atoms with Crippen LogP contribution < -0.4 is 11.1 Å². The van der Waals surface area contributed by atoms with Crippen molar-refractivity contribution < 1.29 is 9.60 Å². The fourth-order valence-electron chi connectivity index (χ4n) is 1.72. The zero-order valence-corrected chi connectivity index (χ0v) is 10.6. The molecule has 0 aliphatic carbocycles. The lowest BCUT2D eigenvalue weighted by molar-refractivity contribution is 0.318. The van der Waals surface area contributed by atoms with E-state index in [0.29, 0.717) is 24.2 Å². The van der Waals surface area contributed by atoms with Crippen LogP contribution in [0.1, 0.15) is 16.8 Å². The molecule has 104 valence electrons. The number of rotatable bonds is 5. The van der Waals surface area contributed by atoms with Crippen molar-refractivity contribution in [2.24, 2.45) is 10.9 Å². The van der Waals surface area contributed by atoms with Gasteiger partial charge in [0.05, 0.1) is 5.69 Å². The number of halogens is 1. The lowest BCUT2D eigenvalue weighted by atomic mass is 10.1. The predicted octanol–water partition coefficient (Wildman–Crippen LogP) is 1.000. The highest BCUT2D eigenvalue weighted by molar-refractivity contribution is 5.97. The smallest absolute Gasteiger partial charge is 0.170 e. The summed E-state index contributed by atoms with van der Waals surface area (Å²) >= 11 is 0. The number of aromatic nitrogens is 2. The number of nitrogens with one attached hydrogen (secondary N) is 1. The van der Waals surface area contributed by atoms with Crippen molar-refractivity contribution in [3.63, 3.8) is 0 Å². The van der Waals surface area contributed by atoms with Gasteiger partial charge in [0, 0.05) is 24.8 Å². The molecule has 0 bridgehead atoms. The van der Waals surface area contributed by atoms with Crippen molar-refractivity contribution in [1.29, 1.82) is 0 Å². The van der Waals surface area contributed by atoms with E-state index in [9.17, 15) is 4.39 Å². The minimum absolute atomic E-state index is 0.125. The summed E-state index contributed by atoms with van der Waals surface area (Å²) in [6.45, 7) is 0.948. The third-order valence-corrected chi connectivity index (χ3v) is 2.62. The Kier molecular flexibility index (Phi) is 4.56. The number of nitrogens with zero attached hydrogens (tertiary/aromatic N) is 3. The molecule has 6 nitrogen and oxygen atoms in total. The second-order valence-corrected chi connectivity index (χ2v) is 4.15. The molecule has 0 atom stereocenters. The Morgan fingerprint density at radius 3 is 2.90 bits per heavy atom. The van der Waals surface area contributed by atoms with Gasteiger partial charge in [0.25, 0.3) is 0 Å². The van der Waals surface area contributed by atoms with Crippen LogP contribution in [0.15, 0.2) is 41.7 Å². The topological polar surface area (TPSA) is 96.4 Å². The van der Waals surface area contributed by atoms with Crippen LogP contribution in [-0.4, -0.2) is 21.2 Å². The summed E-state index contributed by atoms with van der Waals surface area (Å²) in [5, 5.41) is 22.3. The van der Waals surface area contributed by atoms with Gasteiger partial charge in [0.15, 0.2) is 5.84 Å². The van der Waals surface area contributed by atoms with Crippen LogP contribution in [-0.2, 0) is 13.1 Å². The molecular formula is C13H14FN5O. The highest BCUT2D eigenvalue weighted by Gasteiger charge is 2.05. The highest BCUT2D eigenvalue weighted by atomic mass is 19.1. The summed E-state index contributed by atoms with van der Waals surface area (Å²) in [5.74, 6) is -0.565. The lowest BCUT2D eigenvalue weighted by Crippen LogP contribution is -2.17. The van der Waals surface area contributed by atoms with Crippen LogP contribution in [0.2, 0.25) is 0 Å². The van der Waals surface area contributed by atoms with Crippen LogP contribution in [0.4, 0.5) is 4.39 Å². The third-order valence-electron chi connectivity index (χ3n) is 2.62. The highest BCUT2D eigenvalue weighted by Crippen LogP contribution is 2.09. The van der Waals surface area contributed by atoms with E-state index in [2.05, 4.69) is 20.7 Å². The summed E-state index contributed by atoms with van der Waals surface area (Å²) in [5.41, 5.74) is 7.27. The Morgan fingerprint density at radius 2 is 2.20 bits per heavy atom. The van der Waals surface area contributed by atoms with Crippen molar-refractivity contribution in [1.82, 2.24) is 15.5 Å². The first-order valence-corrected chi connectivity index (χ1v) is 5.93. The Bertz CT molecular complexity index is 603. The predicted molar refractivity (Wildman–Crippen MR) is 71.5 cm³/mol. The molecule has 7 heteroatoms. The number of amidine groups is 1. The molecule has 20 heavy (non-hydrogen) atoms. The maximum atomic E-state index is 13.4. The van der Waals surface area contributed by atoms with E-state index in [4.69, 9.17) is 10.9 Å². The van der Waals surface area contributed by atoms with Crippen molar-refractivity contribution in [2.45, 2.75) is 13.1 Å². The van der Waals surface area contributed by atoms with Crippen LogP contribution in [0, 0.1) is 5.82 Å². The Balaban J connectivity index is 2.01. The number of hydrogen-bond acceptors (Lipinski definition) is 5. The molecule has 2 rings (SSSR count). The summed E-state index contributed by atoms with van der Waals surface area (Å²) in [6.07, 6.45) is 1.60. The lowest BCUT2D eigenvalue weighted by Gasteiger charge is -2.07. The number of benzene rings is 1. The standard InChI is InChI=1S/C13H14FN5O/c14-11-5-9(4-10(6-11)13(15)19-20)7-16-8-12-2-1-3-17-18-12/h1-6,16,20H,7-8H2,(H2,15,19). The molecule has 0 spiro atoms. The summed E-state index contributed by atoms with van der Waals surface area (Å²) in [4.78, 5) is 0. The first-order valence-electron chi connectivity index (χ1n) is 5.93. The zero-order chi connectivity index (χ0) is 14.4. The molecule has 0 fully saturated rings. The quantitative estimate of drug-likeness (QED) is 0.327. The monoisotopic (exact) mass is 275 g/mol. The molecular weight excluding hydrogens is 261 g/mol. The summed E-state index contributed by atoms with van der Waals surface area (Å²) < 4.78 is 13.4. The van der Waals surface area contributed by atoms with E-state index in [-0.39, 0.29) is 5.84 Å². The van der Waals surface area contributed by atoms with Crippen LogP contribution in [0.3, 0.4) is 0 Å². The minimum atomic E-state index is -0.439. The average Bonchev–Trinajstić information content (AvgIpc) is 2.47. The second kappa shape index (κ2) is 6.58. The molecule has 1 heterocycles. The summed E-state index contributed by atoms with van der Waals surface area (Å²) in [6, 6.07) is 7.89. The molecule has 0 aliphatic heterocycles. The Hall–Kier alpha value is -2.54. The van der Waals surface area contributed by atoms with E-state index in [1.54, 1.807) is 18.3 Å². The Morgan fingerprint density at radius 1 is 1.35 bits per heavy atom. The van der Waals surface area contributed by atoms with E-state index < -0.39 is 5.82 Å². The molecule has 4 N–H and O–H groups in total. The maximum Gasteiger partial charge on any atom is 0.170 e. The molecule has 0 radical (unpaired) electrons. The van der Waals surface area contributed by atoms with Crippen LogP contribution in [0.5, 0.6) is 0 Å². The van der Waals surface area contributed by atoms with Crippen molar-refractivity contribution >= 4 is 5.84 Å². The maximum absolute atomic E-state index is 13.4. The van der Waals surface area contributed by atoms with Gasteiger partial charge < -0.3 is 16.3 Å². The average molecular weight is 275 g/mol. The van der Waals surface area contributed by atoms with Gasteiger partial charge in [-0.2, -0.15) is 10.2 Å². The Labute approximate surface area is 115 Å². The van der Waals surface area contributed by atoms with E-state index in [1.165, 1.54) is 12.1 Å². The fourth-order valence-corrected chi connectivity index (χ4v) is 1.72. The first kappa shape index (κ1) is 13.9. The van der Waals surface area contributed by atoms with Crippen molar-refractivity contribution in [3.8, 4) is 0 Å². The number of oxime groups is 1. The molecule has 0 aliphatic rings. The molecule has 1 aromatic carbocycles. The van der Waals surface area contributed by atoms with Crippen LogP contribution in [0.25, 0.3) is 0 Å². The first-order chi connectivity index (χ1) is 9.69. The van der Waals surface area contributed by atoms with Crippen molar-refractivity contribution in [3.05, 3.63) is 59.2 Å². The number of hydrogen-bond donors (Lipinski definition) is 3. The fraction of sp³-hybridized carbons (Fsp3) is 0.154.